The quantitative estimate of drug-likeness (QED) is 0.775. The summed E-state index contributed by atoms with van der Waals surface area (Å²) in [4.78, 5) is 22.6. The fourth-order valence-electron chi connectivity index (χ4n) is 1.77. The lowest BCUT2D eigenvalue weighted by Crippen LogP contribution is -2.45. The van der Waals surface area contributed by atoms with Crippen LogP contribution in [0.5, 0.6) is 0 Å². The molecule has 6 nitrogen and oxygen atoms in total. The lowest BCUT2D eigenvalue weighted by molar-refractivity contribution is -0.137. The number of nitrogens with zero attached hydrogens (tertiary/aromatic N) is 1. The number of hydrogen-bond acceptors (Lipinski definition) is 3. The topological polar surface area (TPSA) is 102 Å². The van der Waals surface area contributed by atoms with Gasteiger partial charge in [0.25, 0.3) is 0 Å². The lowest BCUT2D eigenvalue weighted by atomic mass is 9.99. The van der Waals surface area contributed by atoms with E-state index in [1.165, 1.54) is 0 Å². The molecule has 21 heavy (non-hydrogen) atoms. The first kappa shape index (κ1) is 16.5. The third-order valence-electron chi connectivity index (χ3n) is 3.03. The molecular formula is C15H19N3O3. The standard InChI is InChI=1S/C15H19N3O3/c1-10-4-5-11(9-16)8-12(10)17-14(21)18-15(2,3)7-6-13(19)20/h4-5,8H,6-7H2,1-3H3,(H,19,20)(H2,17,18,21). The molecule has 1 aromatic rings. The molecule has 0 saturated carbocycles. The summed E-state index contributed by atoms with van der Waals surface area (Å²) in [6, 6.07) is 6.61. The van der Waals surface area contributed by atoms with Gasteiger partial charge in [-0.1, -0.05) is 6.07 Å². The predicted octanol–water partition coefficient (Wildman–Crippen LogP) is 2.63. The maximum Gasteiger partial charge on any atom is 0.319 e. The Morgan fingerprint density at radius 2 is 2.05 bits per heavy atom. The zero-order valence-corrected chi connectivity index (χ0v) is 12.4. The SMILES string of the molecule is Cc1ccc(C#N)cc1NC(=O)NC(C)(C)CCC(=O)O. The average Bonchev–Trinajstić information content (AvgIpc) is 2.38. The summed E-state index contributed by atoms with van der Waals surface area (Å²) in [5.41, 5.74) is 1.22. The van der Waals surface area contributed by atoms with Crippen LogP contribution in [0.15, 0.2) is 18.2 Å². The number of hydrogen-bond donors (Lipinski definition) is 3. The fourth-order valence-corrected chi connectivity index (χ4v) is 1.77. The van der Waals surface area contributed by atoms with E-state index in [-0.39, 0.29) is 6.42 Å². The summed E-state index contributed by atoms with van der Waals surface area (Å²) in [6.07, 6.45) is 0.309. The monoisotopic (exact) mass is 289 g/mol. The Morgan fingerprint density at radius 1 is 1.38 bits per heavy atom. The molecule has 0 saturated heterocycles. The molecule has 0 heterocycles. The smallest absolute Gasteiger partial charge is 0.319 e. The van der Waals surface area contributed by atoms with Gasteiger partial charge in [-0.3, -0.25) is 4.79 Å². The lowest BCUT2D eigenvalue weighted by Gasteiger charge is -2.26. The molecule has 6 heteroatoms. The Bertz CT molecular complexity index is 588. The highest BCUT2D eigenvalue weighted by Gasteiger charge is 2.21. The third kappa shape index (κ3) is 5.53. The number of nitriles is 1. The maximum atomic E-state index is 12.0. The number of carbonyl (C=O) groups is 2. The highest BCUT2D eigenvalue weighted by molar-refractivity contribution is 5.90. The van der Waals surface area contributed by atoms with Crippen molar-refractivity contribution in [2.24, 2.45) is 0 Å². The van der Waals surface area contributed by atoms with Gasteiger partial charge in [-0.05, 0) is 44.9 Å². The summed E-state index contributed by atoms with van der Waals surface area (Å²) < 4.78 is 0. The van der Waals surface area contributed by atoms with Crippen LogP contribution < -0.4 is 10.6 Å². The Morgan fingerprint density at radius 3 is 2.62 bits per heavy atom. The van der Waals surface area contributed by atoms with Crippen molar-refractivity contribution in [3.63, 3.8) is 0 Å². The number of carboxylic acids is 1. The molecule has 2 amide bonds. The van der Waals surface area contributed by atoms with Crippen LogP contribution in [0, 0.1) is 18.3 Å². The molecule has 1 rings (SSSR count). The highest BCUT2D eigenvalue weighted by atomic mass is 16.4. The van der Waals surface area contributed by atoms with Crippen LogP contribution >= 0.6 is 0 Å². The third-order valence-corrected chi connectivity index (χ3v) is 3.03. The van der Waals surface area contributed by atoms with Gasteiger partial charge in [-0.15, -0.1) is 0 Å². The predicted molar refractivity (Wildman–Crippen MR) is 79.0 cm³/mol. The Labute approximate surface area is 123 Å². The van der Waals surface area contributed by atoms with Gasteiger partial charge in [0, 0.05) is 17.6 Å². The summed E-state index contributed by atoms with van der Waals surface area (Å²) in [7, 11) is 0. The molecule has 0 bridgehead atoms. The second-order valence-corrected chi connectivity index (χ2v) is 5.50. The number of anilines is 1. The number of carbonyl (C=O) groups excluding carboxylic acids is 1. The van der Waals surface area contributed by atoms with Crippen molar-refractivity contribution < 1.29 is 14.7 Å². The number of nitrogens with one attached hydrogen (secondary N) is 2. The Kier molecular flexibility index (Phi) is 5.30. The van der Waals surface area contributed by atoms with Crippen molar-refractivity contribution in [3.8, 4) is 6.07 Å². The summed E-state index contributed by atoms with van der Waals surface area (Å²) >= 11 is 0. The summed E-state index contributed by atoms with van der Waals surface area (Å²) in [5, 5.41) is 23.0. The molecule has 0 aliphatic heterocycles. The molecule has 0 aromatic heterocycles. The minimum atomic E-state index is -0.900. The molecule has 0 aliphatic carbocycles. The van der Waals surface area contributed by atoms with Crippen molar-refractivity contribution in [3.05, 3.63) is 29.3 Å². The number of aliphatic carboxylic acids is 1. The zero-order chi connectivity index (χ0) is 16.0. The number of carboxylic acid groups (broad SMARTS) is 1. The highest BCUT2D eigenvalue weighted by Crippen LogP contribution is 2.17. The van der Waals surface area contributed by atoms with Crippen LogP contribution in [-0.4, -0.2) is 22.6 Å². The van der Waals surface area contributed by atoms with E-state index in [9.17, 15) is 9.59 Å². The van der Waals surface area contributed by atoms with Gasteiger partial charge in [-0.2, -0.15) is 5.26 Å². The van der Waals surface area contributed by atoms with E-state index < -0.39 is 17.5 Å². The summed E-state index contributed by atoms with van der Waals surface area (Å²) in [5.74, 6) is -0.900. The molecule has 1 aromatic carbocycles. The number of benzene rings is 1. The summed E-state index contributed by atoms with van der Waals surface area (Å²) in [6.45, 7) is 5.34. The van der Waals surface area contributed by atoms with E-state index in [0.29, 0.717) is 17.7 Å². The normalized spacial score (nSPS) is 10.6. The average molecular weight is 289 g/mol. The molecule has 0 spiro atoms. The first-order valence-corrected chi connectivity index (χ1v) is 6.55. The van der Waals surface area contributed by atoms with Crippen LogP contribution in [0.2, 0.25) is 0 Å². The van der Waals surface area contributed by atoms with Crippen LogP contribution in [0.25, 0.3) is 0 Å². The Balaban J connectivity index is 2.69. The van der Waals surface area contributed by atoms with E-state index in [4.69, 9.17) is 10.4 Å². The molecule has 0 aliphatic rings. The minimum Gasteiger partial charge on any atom is -0.481 e. The van der Waals surface area contributed by atoms with Gasteiger partial charge in [0.15, 0.2) is 0 Å². The molecular weight excluding hydrogens is 270 g/mol. The number of aryl methyl sites for hydroxylation is 1. The van der Waals surface area contributed by atoms with Crippen LogP contribution in [0.3, 0.4) is 0 Å². The second-order valence-electron chi connectivity index (χ2n) is 5.50. The first-order chi connectivity index (χ1) is 9.73. The minimum absolute atomic E-state index is 0.0176. The second kappa shape index (κ2) is 6.75. The van der Waals surface area contributed by atoms with Crippen molar-refractivity contribution >= 4 is 17.7 Å². The van der Waals surface area contributed by atoms with Gasteiger partial charge in [-0.25, -0.2) is 4.79 Å². The number of rotatable bonds is 5. The van der Waals surface area contributed by atoms with Crippen molar-refractivity contribution in [2.45, 2.75) is 39.2 Å². The van der Waals surface area contributed by atoms with Crippen molar-refractivity contribution in [2.75, 3.05) is 5.32 Å². The molecule has 0 fully saturated rings. The van der Waals surface area contributed by atoms with Gasteiger partial charge < -0.3 is 15.7 Å². The van der Waals surface area contributed by atoms with E-state index in [0.717, 1.165) is 5.56 Å². The maximum absolute atomic E-state index is 12.0. The van der Waals surface area contributed by atoms with Gasteiger partial charge in [0.2, 0.25) is 0 Å². The molecule has 0 unspecified atom stereocenters. The van der Waals surface area contributed by atoms with E-state index in [1.54, 1.807) is 32.0 Å². The number of amides is 2. The van der Waals surface area contributed by atoms with Crippen molar-refractivity contribution in [1.29, 1.82) is 5.26 Å². The molecule has 3 N–H and O–H groups in total. The number of urea groups is 1. The zero-order valence-electron chi connectivity index (χ0n) is 12.4. The van der Waals surface area contributed by atoms with Crippen LogP contribution in [-0.2, 0) is 4.79 Å². The molecule has 0 radical (unpaired) electrons. The van der Waals surface area contributed by atoms with E-state index in [2.05, 4.69) is 10.6 Å². The van der Waals surface area contributed by atoms with Crippen molar-refractivity contribution in [1.82, 2.24) is 5.32 Å². The molecule has 112 valence electrons. The van der Waals surface area contributed by atoms with Crippen LogP contribution in [0.4, 0.5) is 10.5 Å². The fraction of sp³-hybridized carbons (Fsp3) is 0.400. The van der Waals surface area contributed by atoms with E-state index in [1.807, 2.05) is 13.0 Å². The van der Waals surface area contributed by atoms with Gasteiger partial charge >= 0.3 is 12.0 Å². The van der Waals surface area contributed by atoms with E-state index >= 15 is 0 Å². The Hall–Kier alpha value is -2.55. The largest absolute Gasteiger partial charge is 0.481 e. The first-order valence-electron chi connectivity index (χ1n) is 6.55. The van der Waals surface area contributed by atoms with Gasteiger partial charge in [0.1, 0.15) is 0 Å². The molecule has 0 atom stereocenters. The van der Waals surface area contributed by atoms with Crippen LogP contribution in [0.1, 0.15) is 37.8 Å². The van der Waals surface area contributed by atoms with Gasteiger partial charge in [0.05, 0.1) is 11.6 Å².